The third-order valence-corrected chi connectivity index (χ3v) is 3.68. The van der Waals surface area contributed by atoms with Gasteiger partial charge < -0.3 is 20.1 Å². The largest absolute Gasteiger partial charge is 0.490 e. The molecule has 1 unspecified atom stereocenters. The summed E-state index contributed by atoms with van der Waals surface area (Å²) in [4.78, 5) is 24.0. The Kier molecular flexibility index (Phi) is 7.05. The van der Waals surface area contributed by atoms with E-state index < -0.39 is 4.92 Å². The molecule has 1 amide bonds. The summed E-state index contributed by atoms with van der Waals surface area (Å²) >= 11 is 0. The zero-order valence-corrected chi connectivity index (χ0v) is 13.6. The van der Waals surface area contributed by atoms with Crippen molar-refractivity contribution in [3.8, 4) is 11.5 Å². The molecule has 23 heavy (non-hydrogen) atoms. The van der Waals surface area contributed by atoms with Crippen molar-refractivity contribution in [3.05, 3.63) is 28.3 Å². The minimum Gasteiger partial charge on any atom is -0.490 e. The smallest absolute Gasteiger partial charge is 0.311 e. The molecular weight excluding hydrogens is 326 g/mol. The number of rotatable bonds is 6. The van der Waals surface area contributed by atoms with Gasteiger partial charge in [-0.2, -0.15) is 0 Å². The van der Waals surface area contributed by atoms with Gasteiger partial charge in [-0.15, -0.1) is 12.4 Å². The number of halogens is 1. The number of likely N-dealkylation sites (tertiary alicyclic amines) is 1. The molecule has 1 heterocycles. The predicted octanol–water partition coefficient (Wildman–Crippen LogP) is 1.21. The minimum atomic E-state index is -0.537. The van der Waals surface area contributed by atoms with E-state index in [1.54, 1.807) is 4.90 Å². The van der Waals surface area contributed by atoms with Crippen LogP contribution in [0.5, 0.6) is 11.5 Å². The van der Waals surface area contributed by atoms with Gasteiger partial charge in [-0.3, -0.25) is 14.9 Å². The Morgan fingerprint density at radius 3 is 2.83 bits per heavy atom. The molecule has 1 aliphatic rings. The number of ether oxygens (including phenoxy) is 2. The Hall–Kier alpha value is -2.06. The lowest BCUT2D eigenvalue weighted by molar-refractivity contribution is -0.385. The summed E-state index contributed by atoms with van der Waals surface area (Å²) in [5.41, 5.74) is 5.45. The molecule has 0 aromatic heterocycles. The van der Waals surface area contributed by atoms with Gasteiger partial charge >= 0.3 is 5.69 Å². The quantitative estimate of drug-likeness (QED) is 0.613. The maximum absolute atomic E-state index is 12.0. The van der Waals surface area contributed by atoms with E-state index in [0.29, 0.717) is 31.3 Å². The van der Waals surface area contributed by atoms with Gasteiger partial charge in [-0.25, -0.2) is 0 Å². The zero-order valence-electron chi connectivity index (χ0n) is 12.8. The number of nitrogens with zero attached hydrogens (tertiary/aromatic N) is 2. The third kappa shape index (κ3) is 4.70. The highest BCUT2D eigenvalue weighted by Crippen LogP contribution is 2.30. The number of methoxy groups -OCH3 is 1. The van der Waals surface area contributed by atoms with Crippen molar-refractivity contribution < 1.29 is 19.2 Å². The first kappa shape index (κ1) is 19.0. The lowest BCUT2D eigenvalue weighted by atomic mass is 10.1. The van der Waals surface area contributed by atoms with Crippen molar-refractivity contribution in [2.75, 3.05) is 33.4 Å². The number of nitro groups is 1. The molecule has 0 saturated carbocycles. The number of benzene rings is 1. The standard InChI is InChI=1S/C14H19N3O5.ClH/c1-21-13-6-11(2-3-12(13)17(19)20)22-9-14(18)16-5-4-10(7-15)8-16;/h2-3,6,10H,4-5,7-9,15H2,1H3;1H. The van der Waals surface area contributed by atoms with E-state index in [2.05, 4.69) is 0 Å². The van der Waals surface area contributed by atoms with Crippen LogP contribution in [0.2, 0.25) is 0 Å². The summed E-state index contributed by atoms with van der Waals surface area (Å²) in [6.45, 7) is 1.80. The highest BCUT2D eigenvalue weighted by atomic mass is 35.5. The number of carbonyl (C=O) groups excluding carboxylic acids is 1. The first-order valence-electron chi connectivity index (χ1n) is 6.98. The minimum absolute atomic E-state index is 0. The molecule has 1 aromatic rings. The molecule has 0 aliphatic carbocycles. The maximum Gasteiger partial charge on any atom is 0.311 e. The normalized spacial score (nSPS) is 16.6. The lowest BCUT2D eigenvalue weighted by Gasteiger charge is -2.16. The summed E-state index contributed by atoms with van der Waals surface area (Å²) in [7, 11) is 1.34. The van der Waals surface area contributed by atoms with Gasteiger partial charge in [0.05, 0.1) is 12.0 Å². The lowest BCUT2D eigenvalue weighted by Crippen LogP contribution is -2.33. The maximum atomic E-state index is 12.0. The van der Waals surface area contributed by atoms with E-state index >= 15 is 0 Å². The molecule has 1 aromatic carbocycles. The van der Waals surface area contributed by atoms with E-state index in [9.17, 15) is 14.9 Å². The van der Waals surface area contributed by atoms with Crippen molar-refractivity contribution in [3.63, 3.8) is 0 Å². The summed E-state index contributed by atoms with van der Waals surface area (Å²) < 4.78 is 10.4. The fourth-order valence-electron chi connectivity index (χ4n) is 2.39. The Morgan fingerprint density at radius 1 is 1.52 bits per heavy atom. The zero-order chi connectivity index (χ0) is 16.1. The highest BCUT2D eigenvalue weighted by molar-refractivity contribution is 5.85. The Labute approximate surface area is 140 Å². The molecule has 1 aliphatic heterocycles. The molecule has 9 heteroatoms. The van der Waals surface area contributed by atoms with Gasteiger partial charge in [0.1, 0.15) is 5.75 Å². The van der Waals surface area contributed by atoms with Crippen molar-refractivity contribution >= 4 is 24.0 Å². The van der Waals surface area contributed by atoms with Crippen LogP contribution in [0.25, 0.3) is 0 Å². The molecule has 1 saturated heterocycles. The van der Waals surface area contributed by atoms with Crippen molar-refractivity contribution in [2.24, 2.45) is 11.7 Å². The van der Waals surface area contributed by atoms with Crippen LogP contribution < -0.4 is 15.2 Å². The summed E-state index contributed by atoms with van der Waals surface area (Å²) in [5, 5.41) is 10.8. The summed E-state index contributed by atoms with van der Waals surface area (Å²) in [5.74, 6) is 0.682. The number of amides is 1. The first-order valence-corrected chi connectivity index (χ1v) is 6.98. The highest BCUT2D eigenvalue weighted by Gasteiger charge is 2.25. The summed E-state index contributed by atoms with van der Waals surface area (Å²) in [6.07, 6.45) is 0.910. The first-order chi connectivity index (χ1) is 10.5. The second kappa shape index (κ2) is 8.54. The van der Waals surface area contributed by atoms with Gasteiger partial charge in [-0.05, 0) is 24.9 Å². The molecular formula is C14H20ClN3O5. The monoisotopic (exact) mass is 345 g/mol. The van der Waals surface area contributed by atoms with Crippen LogP contribution in [0.15, 0.2) is 18.2 Å². The predicted molar refractivity (Wildman–Crippen MR) is 86.1 cm³/mol. The molecule has 2 N–H and O–H groups in total. The Morgan fingerprint density at radius 2 is 2.26 bits per heavy atom. The SMILES string of the molecule is COc1cc(OCC(=O)N2CCC(CN)C2)ccc1[N+](=O)[O-].Cl. The van der Waals surface area contributed by atoms with E-state index in [-0.39, 0.29) is 36.4 Å². The van der Waals surface area contributed by atoms with E-state index in [1.165, 1.54) is 25.3 Å². The van der Waals surface area contributed by atoms with Gasteiger partial charge in [0.25, 0.3) is 5.91 Å². The van der Waals surface area contributed by atoms with E-state index in [4.69, 9.17) is 15.2 Å². The van der Waals surface area contributed by atoms with Crippen LogP contribution in [0.3, 0.4) is 0 Å². The van der Waals surface area contributed by atoms with Crippen molar-refractivity contribution in [1.82, 2.24) is 4.90 Å². The fraction of sp³-hybridized carbons (Fsp3) is 0.500. The van der Waals surface area contributed by atoms with Crippen LogP contribution in [0.4, 0.5) is 5.69 Å². The topological polar surface area (TPSA) is 108 Å². The number of nitro benzene ring substituents is 1. The molecule has 128 valence electrons. The van der Waals surface area contributed by atoms with Gasteiger partial charge in [0.15, 0.2) is 6.61 Å². The second-order valence-electron chi connectivity index (χ2n) is 5.11. The van der Waals surface area contributed by atoms with Gasteiger partial charge in [-0.1, -0.05) is 0 Å². The van der Waals surface area contributed by atoms with Gasteiger partial charge in [0, 0.05) is 25.2 Å². The van der Waals surface area contributed by atoms with Crippen LogP contribution in [0, 0.1) is 16.0 Å². The number of carbonyl (C=O) groups is 1. The third-order valence-electron chi connectivity index (χ3n) is 3.68. The average Bonchev–Trinajstić information content (AvgIpc) is 3.01. The molecule has 1 fully saturated rings. The van der Waals surface area contributed by atoms with Crippen LogP contribution in [0.1, 0.15) is 6.42 Å². The van der Waals surface area contributed by atoms with Gasteiger partial charge in [0.2, 0.25) is 5.75 Å². The molecule has 0 radical (unpaired) electrons. The number of hydrogen-bond acceptors (Lipinski definition) is 6. The average molecular weight is 346 g/mol. The summed E-state index contributed by atoms with van der Waals surface area (Å²) in [6, 6.07) is 4.14. The number of hydrogen-bond donors (Lipinski definition) is 1. The molecule has 0 bridgehead atoms. The van der Waals surface area contributed by atoms with E-state index in [1.807, 2.05) is 0 Å². The fourth-order valence-corrected chi connectivity index (χ4v) is 2.39. The molecule has 2 rings (SSSR count). The molecule has 8 nitrogen and oxygen atoms in total. The van der Waals surface area contributed by atoms with Crippen molar-refractivity contribution in [1.29, 1.82) is 0 Å². The number of nitrogens with two attached hydrogens (primary N) is 1. The van der Waals surface area contributed by atoms with Crippen LogP contribution >= 0.6 is 12.4 Å². The second-order valence-corrected chi connectivity index (χ2v) is 5.11. The van der Waals surface area contributed by atoms with E-state index in [0.717, 1.165) is 6.42 Å². The molecule has 1 atom stereocenters. The Balaban J connectivity index is 0.00000264. The molecule has 0 spiro atoms. The van der Waals surface area contributed by atoms with Crippen molar-refractivity contribution in [2.45, 2.75) is 6.42 Å². The van der Waals surface area contributed by atoms with Crippen LogP contribution in [-0.4, -0.2) is 49.1 Å². The Bertz CT molecular complexity index is 569. The van der Waals surface area contributed by atoms with Crippen LogP contribution in [-0.2, 0) is 4.79 Å².